The second kappa shape index (κ2) is 14.4. The fraction of sp³-hybridized carbons (Fsp3) is 0.889. The molecule has 0 radical (unpaired) electrons. The van der Waals surface area contributed by atoms with E-state index in [0.29, 0.717) is 0 Å². The summed E-state index contributed by atoms with van der Waals surface area (Å²) >= 11 is 1.70. The van der Waals surface area contributed by atoms with Crippen LogP contribution in [0.3, 0.4) is 0 Å². The average Bonchev–Trinajstić information content (AvgIpc) is 3.05. The molecule has 2 amide bonds. The number of hydrogen-bond acceptors (Lipinski definition) is 3. The van der Waals surface area contributed by atoms with Crippen LogP contribution in [-0.4, -0.2) is 41.5 Å². The van der Waals surface area contributed by atoms with Crippen LogP contribution in [0.1, 0.15) is 78.1 Å². The van der Waals surface area contributed by atoms with Crippen LogP contribution in [0, 0.1) is 0 Å². The number of nitrogens with one attached hydrogen (secondary N) is 2. The van der Waals surface area contributed by atoms with Gasteiger partial charge < -0.3 is 10.2 Å². The Hall–Kier alpha value is -0.910. The van der Waals surface area contributed by atoms with Gasteiger partial charge in [-0.25, -0.2) is 10.2 Å². The van der Waals surface area contributed by atoms with Crippen molar-refractivity contribution >= 4 is 23.0 Å². The Kier molecular flexibility index (Phi) is 12.7. The Morgan fingerprint density at radius 3 is 2.29 bits per heavy atom. The lowest BCUT2D eigenvalue weighted by atomic mass is 10.1. The Morgan fingerprint density at radius 2 is 1.67 bits per heavy atom. The minimum absolute atomic E-state index is 0.193. The van der Waals surface area contributed by atoms with Crippen LogP contribution in [0.4, 0.5) is 4.79 Å². The topological polar surface area (TPSA) is 56.7 Å². The summed E-state index contributed by atoms with van der Waals surface area (Å²) in [4.78, 5) is 13.9. The molecule has 2 N–H and O–H groups in total. The number of nitrogens with zero attached hydrogens (tertiary/aromatic N) is 2. The zero-order valence-electron chi connectivity index (χ0n) is 15.6. The van der Waals surface area contributed by atoms with Gasteiger partial charge in [-0.2, -0.15) is 0 Å². The van der Waals surface area contributed by atoms with Crippen molar-refractivity contribution in [1.82, 2.24) is 15.6 Å². The number of hydrazone groups is 1. The van der Waals surface area contributed by atoms with Crippen LogP contribution in [0.2, 0.25) is 0 Å². The summed E-state index contributed by atoms with van der Waals surface area (Å²) in [6.45, 7) is 7.05. The molecule has 1 aliphatic heterocycles. The van der Waals surface area contributed by atoms with Gasteiger partial charge in [-0.15, -0.1) is 5.10 Å². The summed E-state index contributed by atoms with van der Waals surface area (Å²) in [7, 11) is 0. The van der Waals surface area contributed by atoms with Crippen LogP contribution in [0.5, 0.6) is 0 Å². The lowest BCUT2D eigenvalue weighted by Crippen LogP contribution is -2.35. The van der Waals surface area contributed by atoms with E-state index in [2.05, 4.69) is 34.6 Å². The van der Waals surface area contributed by atoms with E-state index in [1.165, 1.54) is 57.8 Å². The number of unbranched alkanes of at least 4 members (excludes halogenated alkanes) is 9. The van der Waals surface area contributed by atoms with E-state index in [9.17, 15) is 4.79 Å². The maximum absolute atomic E-state index is 11.7. The molecular weight excluding hydrogens is 320 g/mol. The lowest BCUT2D eigenvalue weighted by Gasteiger charge is -2.14. The molecule has 6 heteroatoms. The van der Waals surface area contributed by atoms with Crippen molar-refractivity contribution in [2.45, 2.75) is 78.1 Å². The molecular formula is C18H36N4OS. The summed E-state index contributed by atoms with van der Waals surface area (Å²) in [5.74, 6) is 1.05. The van der Waals surface area contributed by atoms with Crippen molar-refractivity contribution in [2.75, 3.05) is 25.4 Å². The average molecular weight is 357 g/mol. The van der Waals surface area contributed by atoms with E-state index in [0.717, 1.165) is 37.0 Å². The number of thioether (sulfide) groups is 1. The second-order valence-electron chi connectivity index (χ2n) is 6.37. The molecule has 0 spiro atoms. The third-order valence-corrected chi connectivity index (χ3v) is 5.31. The molecule has 0 bridgehead atoms. The van der Waals surface area contributed by atoms with Gasteiger partial charge in [0.05, 0.1) is 0 Å². The van der Waals surface area contributed by atoms with E-state index < -0.39 is 0 Å². The number of amidine groups is 1. The first-order valence-corrected chi connectivity index (χ1v) is 10.8. The first-order valence-electron chi connectivity index (χ1n) is 9.77. The molecule has 1 saturated heterocycles. The van der Waals surface area contributed by atoms with E-state index in [4.69, 9.17) is 0 Å². The molecule has 0 aromatic rings. The smallest absolute Gasteiger partial charge is 0.335 e. The highest BCUT2D eigenvalue weighted by Gasteiger charge is 2.17. The Morgan fingerprint density at radius 1 is 1.04 bits per heavy atom. The fourth-order valence-corrected chi connectivity index (χ4v) is 3.79. The maximum Gasteiger partial charge on any atom is 0.335 e. The van der Waals surface area contributed by atoms with Crippen LogP contribution in [-0.2, 0) is 0 Å². The molecule has 1 aliphatic rings. The van der Waals surface area contributed by atoms with Crippen LogP contribution < -0.4 is 10.7 Å². The number of amides is 2. The summed E-state index contributed by atoms with van der Waals surface area (Å²) in [6, 6.07) is -0.193. The molecule has 24 heavy (non-hydrogen) atoms. The van der Waals surface area contributed by atoms with E-state index >= 15 is 0 Å². The fourth-order valence-electron chi connectivity index (χ4n) is 2.78. The molecule has 0 atom stereocenters. The molecule has 5 nitrogen and oxygen atoms in total. The summed E-state index contributed by atoms with van der Waals surface area (Å²) in [5, 5.41) is 7.99. The van der Waals surface area contributed by atoms with Gasteiger partial charge in [-0.05, 0) is 13.3 Å². The monoisotopic (exact) mass is 356 g/mol. The van der Waals surface area contributed by atoms with Gasteiger partial charge >= 0.3 is 6.03 Å². The minimum Gasteiger partial charge on any atom is -0.349 e. The Balaban J connectivity index is 1.90. The maximum atomic E-state index is 11.7. The van der Waals surface area contributed by atoms with Crippen LogP contribution >= 0.6 is 11.8 Å². The van der Waals surface area contributed by atoms with Crippen LogP contribution in [0.15, 0.2) is 5.10 Å². The molecule has 0 aliphatic carbocycles. The van der Waals surface area contributed by atoms with Gasteiger partial charge in [0.2, 0.25) is 0 Å². The summed E-state index contributed by atoms with van der Waals surface area (Å²) < 4.78 is 0. The van der Waals surface area contributed by atoms with Gasteiger partial charge in [0.25, 0.3) is 0 Å². The van der Waals surface area contributed by atoms with Crippen molar-refractivity contribution in [3.05, 3.63) is 0 Å². The van der Waals surface area contributed by atoms with Gasteiger partial charge in [0.15, 0.2) is 5.17 Å². The summed E-state index contributed by atoms with van der Waals surface area (Å²) in [6.07, 6.45) is 13.1. The van der Waals surface area contributed by atoms with E-state index in [1.807, 2.05) is 0 Å². The number of hydrogen-bond donors (Lipinski definition) is 2. The standard InChI is InChI=1S/C18H36N4OS/c1-3-5-6-7-8-9-10-11-12-13-14-19-17(23)20-21-18-22(4-2)15-16-24-18/h3-16H2,1-2H3,(H2,19,20,23). The quantitative estimate of drug-likeness (QED) is 0.376. The normalized spacial score (nSPS) is 15.9. The van der Waals surface area contributed by atoms with Gasteiger partial charge in [-0.3, -0.25) is 0 Å². The molecule has 0 unspecified atom stereocenters. The second-order valence-corrected chi connectivity index (χ2v) is 7.43. The van der Waals surface area contributed by atoms with Crippen molar-refractivity contribution in [3.8, 4) is 0 Å². The molecule has 140 valence electrons. The highest BCUT2D eigenvalue weighted by molar-refractivity contribution is 8.14. The van der Waals surface area contributed by atoms with Crippen molar-refractivity contribution in [3.63, 3.8) is 0 Å². The first-order chi connectivity index (χ1) is 11.8. The molecule has 0 aromatic carbocycles. The van der Waals surface area contributed by atoms with Gasteiger partial charge in [-0.1, -0.05) is 76.5 Å². The molecule has 1 rings (SSSR count). The molecule has 1 heterocycles. The first kappa shape index (κ1) is 21.1. The molecule has 1 fully saturated rings. The number of rotatable bonds is 13. The van der Waals surface area contributed by atoms with E-state index in [1.54, 1.807) is 11.8 Å². The lowest BCUT2D eigenvalue weighted by molar-refractivity contribution is 0.241. The third-order valence-electron chi connectivity index (χ3n) is 4.31. The van der Waals surface area contributed by atoms with Crippen LogP contribution in [0.25, 0.3) is 0 Å². The highest BCUT2D eigenvalue weighted by atomic mass is 32.2. The van der Waals surface area contributed by atoms with Gasteiger partial charge in [0.1, 0.15) is 0 Å². The Labute approximate surface area is 152 Å². The van der Waals surface area contributed by atoms with Crippen molar-refractivity contribution in [2.24, 2.45) is 5.10 Å². The molecule has 0 saturated carbocycles. The highest BCUT2D eigenvalue weighted by Crippen LogP contribution is 2.16. The number of carbonyl (C=O) groups is 1. The predicted molar refractivity (Wildman–Crippen MR) is 106 cm³/mol. The Bertz CT molecular complexity index is 363. The van der Waals surface area contributed by atoms with Crippen molar-refractivity contribution in [1.29, 1.82) is 0 Å². The zero-order valence-corrected chi connectivity index (χ0v) is 16.4. The number of carbonyl (C=O) groups excluding carboxylic acids is 1. The predicted octanol–water partition coefficient (Wildman–Crippen LogP) is 4.55. The van der Waals surface area contributed by atoms with E-state index in [-0.39, 0.29) is 6.03 Å². The molecule has 0 aromatic heterocycles. The van der Waals surface area contributed by atoms with Gasteiger partial charge in [0, 0.05) is 25.4 Å². The minimum atomic E-state index is -0.193. The summed E-state index contributed by atoms with van der Waals surface area (Å²) in [5.41, 5.74) is 2.60. The van der Waals surface area contributed by atoms with Crippen molar-refractivity contribution < 1.29 is 4.79 Å². The number of urea groups is 1. The largest absolute Gasteiger partial charge is 0.349 e. The third kappa shape index (κ3) is 10.1. The SMILES string of the molecule is CCCCCCCCCCCCNC(=O)NN=C1SCCN1CC. The zero-order chi connectivity index (χ0) is 17.5.